The molecule has 2 aromatic rings. The number of carboxylic acid groups (broad SMARTS) is 1. The van der Waals surface area contributed by atoms with Crippen molar-refractivity contribution in [3.05, 3.63) is 71.3 Å². The van der Waals surface area contributed by atoms with Gasteiger partial charge >= 0.3 is 5.97 Å². The van der Waals surface area contributed by atoms with Crippen LogP contribution >= 0.6 is 0 Å². The number of carboxylic acids is 1. The van der Waals surface area contributed by atoms with E-state index in [1.165, 1.54) is 5.56 Å². The second kappa shape index (κ2) is 8.08. The van der Waals surface area contributed by atoms with Crippen molar-refractivity contribution in [1.29, 1.82) is 0 Å². The third-order valence-electron chi connectivity index (χ3n) is 4.48. The minimum atomic E-state index is -0.887. The third kappa shape index (κ3) is 4.22. The highest BCUT2D eigenvalue weighted by atomic mass is 16.5. The van der Waals surface area contributed by atoms with E-state index in [0.29, 0.717) is 18.0 Å². The maximum Gasteiger partial charge on any atom is 0.335 e. The van der Waals surface area contributed by atoms with Crippen molar-refractivity contribution in [2.75, 3.05) is 13.2 Å². The van der Waals surface area contributed by atoms with E-state index in [1.807, 2.05) is 12.1 Å². The van der Waals surface area contributed by atoms with Crippen LogP contribution in [0.3, 0.4) is 0 Å². The van der Waals surface area contributed by atoms with E-state index in [0.717, 1.165) is 31.6 Å². The average Bonchev–Trinajstić information content (AvgIpc) is 2.63. The molecule has 1 fully saturated rings. The fourth-order valence-corrected chi connectivity index (χ4v) is 3.28. The molecule has 4 heteroatoms. The summed E-state index contributed by atoms with van der Waals surface area (Å²) >= 11 is 0. The molecule has 0 spiro atoms. The molecule has 2 unspecified atom stereocenters. The van der Waals surface area contributed by atoms with Gasteiger partial charge in [-0.1, -0.05) is 42.5 Å². The van der Waals surface area contributed by atoms with Crippen molar-refractivity contribution in [1.82, 2.24) is 5.32 Å². The Balaban J connectivity index is 1.58. The molecule has 126 valence electrons. The summed E-state index contributed by atoms with van der Waals surface area (Å²) in [5, 5.41) is 12.5. The van der Waals surface area contributed by atoms with Crippen LogP contribution in [0.5, 0.6) is 0 Å². The summed E-state index contributed by atoms with van der Waals surface area (Å²) in [6.07, 6.45) is 2.36. The van der Waals surface area contributed by atoms with E-state index >= 15 is 0 Å². The largest absolute Gasteiger partial charge is 0.478 e. The number of nitrogens with one attached hydrogen (secondary N) is 1. The molecular formula is C20H23NO3. The highest BCUT2D eigenvalue weighted by Gasteiger charge is 2.26. The Hall–Kier alpha value is -2.17. The van der Waals surface area contributed by atoms with Gasteiger partial charge in [0.05, 0.1) is 11.7 Å². The lowest BCUT2D eigenvalue weighted by atomic mass is 9.89. The molecule has 0 saturated carbocycles. The van der Waals surface area contributed by atoms with Crippen LogP contribution in [0.1, 0.15) is 40.4 Å². The van der Waals surface area contributed by atoms with Crippen molar-refractivity contribution in [2.45, 2.75) is 25.5 Å². The lowest BCUT2D eigenvalue weighted by Crippen LogP contribution is -2.31. The molecule has 1 aliphatic rings. The molecule has 24 heavy (non-hydrogen) atoms. The van der Waals surface area contributed by atoms with E-state index in [9.17, 15) is 4.79 Å². The highest BCUT2D eigenvalue weighted by Crippen LogP contribution is 2.33. The summed E-state index contributed by atoms with van der Waals surface area (Å²) in [4.78, 5) is 11.0. The molecular weight excluding hydrogens is 302 g/mol. The van der Waals surface area contributed by atoms with Gasteiger partial charge in [0.2, 0.25) is 0 Å². The molecule has 0 radical (unpaired) electrons. The second-order valence-corrected chi connectivity index (χ2v) is 6.24. The number of hydrogen-bond acceptors (Lipinski definition) is 3. The molecule has 1 aliphatic heterocycles. The molecule has 2 N–H and O–H groups in total. The quantitative estimate of drug-likeness (QED) is 0.851. The van der Waals surface area contributed by atoms with Crippen LogP contribution in [0.2, 0.25) is 0 Å². The van der Waals surface area contributed by atoms with Crippen LogP contribution in [0.4, 0.5) is 0 Å². The zero-order valence-electron chi connectivity index (χ0n) is 13.7. The van der Waals surface area contributed by atoms with E-state index in [4.69, 9.17) is 9.84 Å². The Bertz CT molecular complexity index is 672. The predicted octanol–water partition coefficient (Wildman–Crippen LogP) is 3.64. The number of ether oxygens (including phenoxy) is 1. The lowest BCUT2D eigenvalue weighted by molar-refractivity contribution is -0.0278. The summed E-state index contributed by atoms with van der Waals surface area (Å²) < 4.78 is 6.01. The SMILES string of the molecule is O=C(O)c1cccc(CNCC2CCCOC2c2ccccc2)c1. The smallest absolute Gasteiger partial charge is 0.335 e. The number of hydrogen-bond donors (Lipinski definition) is 2. The van der Waals surface area contributed by atoms with Gasteiger partial charge in [0, 0.05) is 25.6 Å². The zero-order chi connectivity index (χ0) is 16.8. The van der Waals surface area contributed by atoms with Crippen molar-refractivity contribution in [2.24, 2.45) is 5.92 Å². The maximum atomic E-state index is 11.0. The minimum absolute atomic E-state index is 0.137. The fraction of sp³-hybridized carbons (Fsp3) is 0.350. The predicted molar refractivity (Wildman–Crippen MR) is 93.0 cm³/mol. The van der Waals surface area contributed by atoms with Gasteiger partial charge in [-0.15, -0.1) is 0 Å². The topological polar surface area (TPSA) is 58.6 Å². The second-order valence-electron chi connectivity index (χ2n) is 6.24. The fourth-order valence-electron chi connectivity index (χ4n) is 3.28. The van der Waals surface area contributed by atoms with Gasteiger partial charge in [-0.05, 0) is 36.1 Å². The van der Waals surface area contributed by atoms with Gasteiger partial charge in [0.25, 0.3) is 0 Å². The summed E-state index contributed by atoms with van der Waals surface area (Å²) in [6, 6.07) is 17.5. The normalized spacial score (nSPS) is 20.7. The summed E-state index contributed by atoms with van der Waals surface area (Å²) in [5.41, 5.74) is 2.55. The standard InChI is InChI=1S/C20H23NO3/c22-20(23)17-9-4-6-15(12-17)13-21-14-18-10-5-11-24-19(18)16-7-2-1-3-8-16/h1-4,6-9,12,18-19,21H,5,10-11,13-14H2,(H,22,23). The Kier molecular flexibility index (Phi) is 5.62. The lowest BCUT2D eigenvalue weighted by Gasteiger charge is -2.32. The molecule has 3 rings (SSSR count). The minimum Gasteiger partial charge on any atom is -0.478 e. The van der Waals surface area contributed by atoms with E-state index in [-0.39, 0.29) is 6.10 Å². The van der Waals surface area contributed by atoms with Crippen LogP contribution in [0.25, 0.3) is 0 Å². The van der Waals surface area contributed by atoms with Crippen LogP contribution in [0, 0.1) is 5.92 Å². The van der Waals surface area contributed by atoms with E-state index < -0.39 is 5.97 Å². The van der Waals surface area contributed by atoms with Gasteiger partial charge in [-0.3, -0.25) is 0 Å². The van der Waals surface area contributed by atoms with Crippen LogP contribution in [-0.2, 0) is 11.3 Å². The molecule has 0 bridgehead atoms. The molecule has 4 nitrogen and oxygen atoms in total. The van der Waals surface area contributed by atoms with Gasteiger partial charge in [-0.25, -0.2) is 4.79 Å². The summed E-state index contributed by atoms with van der Waals surface area (Å²) in [6.45, 7) is 2.34. The Morgan fingerprint density at radius 1 is 1.17 bits per heavy atom. The van der Waals surface area contributed by atoms with E-state index in [1.54, 1.807) is 18.2 Å². The van der Waals surface area contributed by atoms with Crippen LogP contribution < -0.4 is 5.32 Å². The first-order chi connectivity index (χ1) is 11.7. The van der Waals surface area contributed by atoms with Crippen molar-refractivity contribution in [3.63, 3.8) is 0 Å². The molecule has 0 aromatic heterocycles. The van der Waals surface area contributed by atoms with Gasteiger partial charge in [0.1, 0.15) is 0 Å². The number of carbonyl (C=O) groups is 1. The molecule has 1 saturated heterocycles. The molecule has 2 aromatic carbocycles. The zero-order valence-corrected chi connectivity index (χ0v) is 13.7. The first-order valence-corrected chi connectivity index (χ1v) is 8.43. The number of aromatic carboxylic acids is 1. The number of benzene rings is 2. The Morgan fingerprint density at radius 3 is 2.79 bits per heavy atom. The first kappa shape index (κ1) is 16.7. The average molecular weight is 325 g/mol. The van der Waals surface area contributed by atoms with Gasteiger partial charge in [-0.2, -0.15) is 0 Å². The van der Waals surface area contributed by atoms with Gasteiger partial charge < -0.3 is 15.2 Å². The van der Waals surface area contributed by atoms with Crippen molar-refractivity contribution < 1.29 is 14.6 Å². The van der Waals surface area contributed by atoms with E-state index in [2.05, 4.69) is 29.6 Å². The van der Waals surface area contributed by atoms with Crippen LogP contribution in [0.15, 0.2) is 54.6 Å². The Morgan fingerprint density at radius 2 is 2.00 bits per heavy atom. The Labute approximate surface area is 142 Å². The highest BCUT2D eigenvalue weighted by molar-refractivity contribution is 5.87. The van der Waals surface area contributed by atoms with Gasteiger partial charge in [0.15, 0.2) is 0 Å². The first-order valence-electron chi connectivity index (χ1n) is 8.43. The molecule has 0 aliphatic carbocycles. The monoisotopic (exact) mass is 325 g/mol. The molecule has 0 amide bonds. The summed E-state index contributed by atoms with van der Waals surface area (Å²) in [5.74, 6) is -0.453. The van der Waals surface area contributed by atoms with Crippen molar-refractivity contribution in [3.8, 4) is 0 Å². The number of rotatable bonds is 6. The van der Waals surface area contributed by atoms with Crippen LogP contribution in [-0.4, -0.2) is 24.2 Å². The third-order valence-corrected chi connectivity index (χ3v) is 4.48. The maximum absolute atomic E-state index is 11.0. The molecule has 2 atom stereocenters. The molecule has 1 heterocycles. The van der Waals surface area contributed by atoms with Crippen molar-refractivity contribution >= 4 is 5.97 Å². The summed E-state index contributed by atoms with van der Waals surface area (Å²) in [7, 11) is 0.